The number of para-hydroxylation sites is 2. The molecule has 7 nitrogen and oxygen atoms in total. The van der Waals surface area contributed by atoms with Crippen LogP contribution < -0.4 is 5.32 Å². The molecule has 0 spiro atoms. The Morgan fingerprint density at radius 3 is 2.83 bits per heavy atom. The Morgan fingerprint density at radius 1 is 1.42 bits per heavy atom. The molecule has 1 aliphatic rings. The fourth-order valence-corrected chi connectivity index (χ4v) is 3.03. The van der Waals surface area contributed by atoms with E-state index in [0.29, 0.717) is 19.5 Å². The molecule has 7 heteroatoms. The third-order valence-corrected chi connectivity index (χ3v) is 4.35. The first-order valence-corrected chi connectivity index (χ1v) is 8.28. The SMILES string of the molecule is CCCC(CC(=O)O)NC(=O)N1CC(c2nc3ccccc3[nH]2)C1. The Kier molecular flexibility index (Phi) is 4.69. The van der Waals surface area contributed by atoms with Crippen LogP contribution >= 0.6 is 0 Å². The number of aromatic amines is 1. The van der Waals surface area contributed by atoms with Gasteiger partial charge in [-0.15, -0.1) is 0 Å². The van der Waals surface area contributed by atoms with Crippen molar-refractivity contribution in [2.75, 3.05) is 13.1 Å². The Labute approximate surface area is 140 Å². The van der Waals surface area contributed by atoms with Crippen LogP contribution in [0.1, 0.15) is 37.9 Å². The number of aliphatic carboxylic acids is 1. The van der Waals surface area contributed by atoms with Crippen molar-refractivity contribution in [2.24, 2.45) is 0 Å². The van der Waals surface area contributed by atoms with Crippen LogP contribution in [0, 0.1) is 0 Å². The van der Waals surface area contributed by atoms with E-state index in [-0.39, 0.29) is 24.4 Å². The Morgan fingerprint density at radius 2 is 2.17 bits per heavy atom. The average molecular weight is 330 g/mol. The standard InChI is InChI=1S/C17H22N4O3/c1-2-5-12(8-15(22)23)18-17(24)21-9-11(10-21)16-19-13-6-3-4-7-14(13)20-16/h3-4,6-7,11-12H,2,5,8-10H2,1H3,(H,18,24)(H,19,20)(H,22,23). The summed E-state index contributed by atoms with van der Waals surface area (Å²) in [6, 6.07) is 7.34. The van der Waals surface area contributed by atoms with Crippen molar-refractivity contribution >= 4 is 23.0 Å². The van der Waals surface area contributed by atoms with Crippen LogP contribution in [0.25, 0.3) is 11.0 Å². The average Bonchev–Trinajstić information content (AvgIpc) is 2.88. The molecule has 1 fully saturated rings. The van der Waals surface area contributed by atoms with Gasteiger partial charge in [-0.05, 0) is 18.6 Å². The van der Waals surface area contributed by atoms with Crippen molar-refractivity contribution in [3.63, 3.8) is 0 Å². The minimum atomic E-state index is -0.891. The molecule has 1 aromatic heterocycles. The van der Waals surface area contributed by atoms with Gasteiger partial charge in [0.2, 0.25) is 0 Å². The maximum atomic E-state index is 12.2. The van der Waals surface area contributed by atoms with Crippen LogP contribution in [0.4, 0.5) is 4.79 Å². The highest BCUT2D eigenvalue weighted by Crippen LogP contribution is 2.26. The van der Waals surface area contributed by atoms with Gasteiger partial charge in [0.25, 0.3) is 0 Å². The van der Waals surface area contributed by atoms with Crippen LogP contribution in [0.2, 0.25) is 0 Å². The number of imidazole rings is 1. The van der Waals surface area contributed by atoms with E-state index in [1.54, 1.807) is 4.90 Å². The zero-order chi connectivity index (χ0) is 17.1. The lowest BCUT2D eigenvalue weighted by Gasteiger charge is -2.38. The van der Waals surface area contributed by atoms with E-state index >= 15 is 0 Å². The van der Waals surface area contributed by atoms with Crippen molar-refractivity contribution in [2.45, 2.75) is 38.1 Å². The predicted molar refractivity (Wildman–Crippen MR) is 89.9 cm³/mol. The summed E-state index contributed by atoms with van der Waals surface area (Å²) < 4.78 is 0. The maximum Gasteiger partial charge on any atom is 0.317 e. The van der Waals surface area contributed by atoms with E-state index in [1.165, 1.54) is 0 Å². The lowest BCUT2D eigenvalue weighted by atomic mass is 10.00. The van der Waals surface area contributed by atoms with E-state index in [0.717, 1.165) is 23.3 Å². The minimum Gasteiger partial charge on any atom is -0.481 e. The van der Waals surface area contributed by atoms with E-state index in [1.807, 2.05) is 31.2 Å². The second kappa shape index (κ2) is 6.90. The quantitative estimate of drug-likeness (QED) is 0.757. The minimum absolute atomic E-state index is 0.0412. The molecule has 128 valence electrons. The topological polar surface area (TPSA) is 98.3 Å². The third kappa shape index (κ3) is 3.50. The van der Waals surface area contributed by atoms with Gasteiger partial charge in [0, 0.05) is 19.1 Å². The molecule has 0 aliphatic carbocycles. The van der Waals surface area contributed by atoms with Crippen LogP contribution in [0.15, 0.2) is 24.3 Å². The summed E-state index contributed by atoms with van der Waals surface area (Å²) in [5.41, 5.74) is 1.93. The van der Waals surface area contributed by atoms with Crippen LogP contribution in [0.5, 0.6) is 0 Å². The number of nitrogens with one attached hydrogen (secondary N) is 2. The number of carbonyl (C=O) groups excluding carboxylic acids is 1. The Hall–Kier alpha value is -2.57. The van der Waals surface area contributed by atoms with Gasteiger partial charge in [-0.3, -0.25) is 4.79 Å². The van der Waals surface area contributed by atoms with Gasteiger partial charge in [0.15, 0.2) is 0 Å². The summed E-state index contributed by atoms with van der Waals surface area (Å²) in [6.45, 7) is 3.16. The molecule has 2 amide bonds. The smallest absolute Gasteiger partial charge is 0.317 e. The number of rotatable bonds is 6. The summed E-state index contributed by atoms with van der Waals surface area (Å²) >= 11 is 0. The van der Waals surface area contributed by atoms with Crippen LogP contribution in [0.3, 0.4) is 0 Å². The van der Waals surface area contributed by atoms with Gasteiger partial charge in [0.05, 0.1) is 23.4 Å². The summed E-state index contributed by atoms with van der Waals surface area (Å²) in [5, 5.41) is 11.7. The number of benzene rings is 1. The fraction of sp³-hybridized carbons (Fsp3) is 0.471. The van der Waals surface area contributed by atoms with E-state index in [9.17, 15) is 9.59 Å². The first kappa shape index (κ1) is 16.3. The molecule has 3 N–H and O–H groups in total. The number of likely N-dealkylation sites (tertiary alicyclic amines) is 1. The highest BCUT2D eigenvalue weighted by molar-refractivity contribution is 5.77. The number of carboxylic acid groups (broad SMARTS) is 1. The fourth-order valence-electron chi connectivity index (χ4n) is 3.03. The molecular weight excluding hydrogens is 308 g/mol. The molecule has 3 rings (SSSR count). The zero-order valence-electron chi connectivity index (χ0n) is 13.7. The lowest BCUT2D eigenvalue weighted by molar-refractivity contribution is -0.137. The Balaban J connectivity index is 1.55. The molecule has 1 aliphatic heterocycles. The van der Waals surface area contributed by atoms with Crippen molar-refractivity contribution in [3.05, 3.63) is 30.1 Å². The van der Waals surface area contributed by atoms with Gasteiger partial charge in [-0.25, -0.2) is 9.78 Å². The first-order valence-electron chi connectivity index (χ1n) is 8.28. The monoisotopic (exact) mass is 330 g/mol. The maximum absolute atomic E-state index is 12.2. The van der Waals surface area contributed by atoms with Crippen molar-refractivity contribution in [1.82, 2.24) is 20.2 Å². The number of fused-ring (bicyclic) bond motifs is 1. The highest BCUT2D eigenvalue weighted by atomic mass is 16.4. The molecular formula is C17H22N4O3. The third-order valence-electron chi connectivity index (χ3n) is 4.35. The summed E-state index contributed by atoms with van der Waals surface area (Å²) in [7, 11) is 0. The van der Waals surface area contributed by atoms with Crippen LogP contribution in [-0.4, -0.2) is 51.1 Å². The largest absolute Gasteiger partial charge is 0.481 e. The summed E-state index contributed by atoms with van der Waals surface area (Å²) in [6.07, 6.45) is 1.46. The number of hydrogen-bond acceptors (Lipinski definition) is 3. The summed E-state index contributed by atoms with van der Waals surface area (Å²) in [5.74, 6) is 0.209. The van der Waals surface area contributed by atoms with Gasteiger partial charge in [0.1, 0.15) is 5.82 Å². The number of nitrogens with zero attached hydrogens (tertiary/aromatic N) is 2. The molecule has 24 heavy (non-hydrogen) atoms. The van der Waals surface area contributed by atoms with Gasteiger partial charge in [-0.1, -0.05) is 25.5 Å². The lowest BCUT2D eigenvalue weighted by Crippen LogP contribution is -2.54. The van der Waals surface area contributed by atoms with Crippen molar-refractivity contribution < 1.29 is 14.7 Å². The molecule has 1 atom stereocenters. The first-order chi connectivity index (χ1) is 11.6. The molecule has 1 unspecified atom stereocenters. The van der Waals surface area contributed by atoms with E-state index < -0.39 is 5.97 Å². The second-order valence-corrected chi connectivity index (χ2v) is 6.27. The molecule has 0 saturated carbocycles. The number of carbonyl (C=O) groups is 2. The van der Waals surface area contributed by atoms with Crippen molar-refractivity contribution in [3.8, 4) is 0 Å². The van der Waals surface area contributed by atoms with E-state index in [4.69, 9.17) is 5.11 Å². The molecule has 0 radical (unpaired) electrons. The summed E-state index contributed by atoms with van der Waals surface area (Å²) in [4.78, 5) is 32.7. The number of hydrogen-bond donors (Lipinski definition) is 3. The molecule has 2 aromatic rings. The van der Waals surface area contributed by atoms with Gasteiger partial charge in [-0.2, -0.15) is 0 Å². The van der Waals surface area contributed by atoms with Crippen LogP contribution in [-0.2, 0) is 4.79 Å². The molecule has 0 bridgehead atoms. The molecule has 1 saturated heterocycles. The van der Waals surface area contributed by atoms with E-state index in [2.05, 4.69) is 15.3 Å². The number of aromatic nitrogens is 2. The highest BCUT2D eigenvalue weighted by Gasteiger charge is 2.34. The number of H-pyrrole nitrogens is 1. The number of carboxylic acids is 1. The predicted octanol–water partition coefficient (Wildman–Crippen LogP) is 2.32. The Bertz CT molecular complexity index is 703. The second-order valence-electron chi connectivity index (χ2n) is 6.27. The van der Waals surface area contributed by atoms with Gasteiger partial charge >= 0.3 is 12.0 Å². The number of amides is 2. The number of urea groups is 1. The normalized spacial score (nSPS) is 16.0. The van der Waals surface area contributed by atoms with Gasteiger partial charge < -0.3 is 20.3 Å². The zero-order valence-corrected chi connectivity index (χ0v) is 13.7. The molecule has 1 aromatic carbocycles. The van der Waals surface area contributed by atoms with Crippen molar-refractivity contribution in [1.29, 1.82) is 0 Å². The molecule has 2 heterocycles.